The summed E-state index contributed by atoms with van der Waals surface area (Å²) >= 11 is 1.81. The highest BCUT2D eigenvalue weighted by Gasteiger charge is 2.28. The van der Waals surface area contributed by atoms with Crippen molar-refractivity contribution in [3.05, 3.63) is 35.2 Å². The van der Waals surface area contributed by atoms with Gasteiger partial charge in [-0.2, -0.15) is 0 Å². The molecular formula is C14H17NOS. The van der Waals surface area contributed by atoms with E-state index in [0.29, 0.717) is 0 Å². The number of benzene rings is 1. The van der Waals surface area contributed by atoms with Gasteiger partial charge in [-0.25, -0.2) is 0 Å². The van der Waals surface area contributed by atoms with Gasteiger partial charge in [-0.3, -0.25) is 0 Å². The zero-order chi connectivity index (χ0) is 11.7. The van der Waals surface area contributed by atoms with E-state index in [1.807, 2.05) is 11.3 Å². The highest BCUT2D eigenvalue weighted by Crippen LogP contribution is 2.30. The summed E-state index contributed by atoms with van der Waals surface area (Å²) in [6, 6.07) is 8.57. The Morgan fingerprint density at radius 2 is 2.00 bits per heavy atom. The van der Waals surface area contributed by atoms with E-state index < -0.39 is 0 Å². The van der Waals surface area contributed by atoms with Gasteiger partial charge in [0.05, 0.1) is 0 Å². The first-order valence-corrected chi connectivity index (χ1v) is 6.97. The Bertz CT molecular complexity index is 514. The monoisotopic (exact) mass is 247 g/mol. The SMILES string of the molecule is NC1(Cc2csc3ccccc23)CCOCC1. The van der Waals surface area contributed by atoms with Gasteiger partial charge >= 0.3 is 0 Å². The number of fused-ring (bicyclic) bond motifs is 1. The average Bonchev–Trinajstić information content (AvgIpc) is 2.73. The molecule has 2 aromatic rings. The summed E-state index contributed by atoms with van der Waals surface area (Å²) in [6.45, 7) is 1.61. The second-order valence-corrected chi connectivity index (χ2v) is 5.82. The summed E-state index contributed by atoms with van der Waals surface area (Å²) in [5, 5.41) is 3.63. The Hall–Kier alpha value is -0.900. The van der Waals surface area contributed by atoms with E-state index in [2.05, 4.69) is 29.6 Å². The molecule has 0 bridgehead atoms. The molecule has 0 unspecified atom stereocenters. The van der Waals surface area contributed by atoms with Crippen molar-refractivity contribution >= 4 is 21.4 Å². The van der Waals surface area contributed by atoms with Crippen molar-refractivity contribution in [3.8, 4) is 0 Å². The summed E-state index contributed by atoms with van der Waals surface area (Å²) < 4.78 is 6.75. The molecule has 0 atom stereocenters. The van der Waals surface area contributed by atoms with Crippen molar-refractivity contribution in [2.24, 2.45) is 5.73 Å². The Labute approximate surface area is 105 Å². The van der Waals surface area contributed by atoms with Crippen LogP contribution in [0.5, 0.6) is 0 Å². The third-order valence-electron chi connectivity index (χ3n) is 3.59. The van der Waals surface area contributed by atoms with E-state index in [1.165, 1.54) is 15.6 Å². The molecule has 1 aliphatic rings. The summed E-state index contributed by atoms with van der Waals surface area (Å²) in [5.74, 6) is 0. The molecule has 3 heteroatoms. The minimum Gasteiger partial charge on any atom is -0.381 e. The number of nitrogens with two attached hydrogens (primary N) is 1. The van der Waals surface area contributed by atoms with Crippen molar-refractivity contribution in [3.63, 3.8) is 0 Å². The van der Waals surface area contributed by atoms with Crippen molar-refractivity contribution in [2.75, 3.05) is 13.2 Å². The molecule has 1 saturated heterocycles. The topological polar surface area (TPSA) is 35.2 Å². The van der Waals surface area contributed by atoms with E-state index in [1.54, 1.807) is 0 Å². The molecule has 1 aromatic carbocycles. The molecule has 17 heavy (non-hydrogen) atoms. The molecule has 2 heterocycles. The molecular weight excluding hydrogens is 230 g/mol. The van der Waals surface area contributed by atoms with Gasteiger partial charge in [0.2, 0.25) is 0 Å². The van der Waals surface area contributed by atoms with Gasteiger partial charge < -0.3 is 10.5 Å². The first kappa shape index (κ1) is 11.2. The molecule has 90 valence electrons. The van der Waals surface area contributed by atoms with Crippen LogP contribution < -0.4 is 5.73 Å². The Morgan fingerprint density at radius 3 is 2.82 bits per heavy atom. The van der Waals surface area contributed by atoms with Crippen LogP contribution in [0.4, 0.5) is 0 Å². The number of hydrogen-bond donors (Lipinski definition) is 1. The fourth-order valence-electron chi connectivity index (χ4n) is 2.50. The minimum atomic E-state index is -0.0674. The quantitative estimate of drug-likeness (QED) is 0.885. The molecule has 3 rings (SSSR count). The van der Waals surface area contributed by atoms with Crippen molar-refractivity contribution in [2.45, 2.75) is 24.8 Å². The van der Waals surface area contributed by atoms with E-state index in [9.17, 15) is 0 Å². The number of hydrogen-bond acceptors (Lipinski definition) is 3. The van der Waals surface area contributed by atoms with Gasteiger partial charge in [0.1, 0.15) is 0 Å². The lowest BCUT2D eigenvalue weighted by Crippen LogP contribution is -2.46. The fraction of sp³-hybridized carbons (Fsp3) is 0.429. The molecule has 0 amide bonds. The summed E-state index contributed by atoms with van der Waals surface area (Å²) in [7, 11) is 0. The third kappa shape index (κ3) is 2.23. The van der Waals surface area contributed by atoms with Crippen LogP contribution in [0, 0.1) is 0 Å². The predicted molar refractivity (Wildman–Crippen MR) is 72.5 cm³/mol. The van der Waals surface area contributed by atoms with Crippen LogP contribution in [-0.2, 0) is 11.2 Å². The van der Waals surface area contributed by atoms with Crippen LogP contribution in [0.15, 0.2) is 29.6 Å². The molecule has 0 saturated carbocycles. The molecule has 0 aliphatic carbocycles. The number of thiophene rings is 1. The van der Waals surface area contributed by atoms with Gasteiger partial charge in [-0.1, -0.05) is 18.2 Å². The smallest absolute Gasteiger partial charge is 0.0483 e. The largest absolute Gasteiger partial charge is 0.381 e. The van der Waals surface area contributed by atoms with E-state index >= 15 is 0 Å². The van der Waals surface area contributed by atoms with Gasteiger partial charge in [-0.05, 0) is 41.7 Å². The Kier molecular flexibility index (Phi) is 2.90. The van der Waals surface area contributed by atoms with E-state index in [4.69, 9.17) is 10.5 Å². The zero-order valence-electron chi connectivity index (χ0n) is 9.82. The van der Waals surface area contributed by atoms with Crippen molar-refractivity contribution < 1.29 is 4.74 Å². The van der Waals surface area contributed by atoms with Crippen LogP contribution in [0.25, 0.3) is 10.1 Å². The third-order valence-corrected chi connectivity index (χ3v) is 4.60. The molecule has 2 N–H and O–H groups in total. The lowest BCUT2D eigenvalue weighted by Gasteiger charge is -2.33. The first-order valence-electron chi connectivity index (χ1n) is 6.09. The van der Waals surface area contributed by atoms with Crippen LogP contribution in [0.1, 0.15) is 18.4 Å². The van der Waals surface area contributed by atoms with E-state index in [-0.39, 0.29) is 5.54 Å². The normalized spacial score (nSPS) is 19.6. The molecule has 0 spiro atoms. The number of rotatable bonds is 2. The fourth-order valence-corrected chi connectivity index (χ4v) is 3.47. The minimum absolute atomic E-state index is 0.0674. The Balaban J connectivity index is 1.89. The lowest BCUT2D eigenvalue weighted by atomic mass is 9.85. The summed E-state index contributed by atoms with van der Waals surface area (Å²) in [5.41, 5.74) is 7.80. The first-order chi connectivity index (χ1) is 8.27. The predicted octanol–water partition coefficient (Wildman–Crippen LogP) is 2.95. The number of ether oxygens (including phenoxy) is 1. The van der Waals surface area contributed by atoms with E-state index in [0.717, 1.165) is 32.5 Å². The summed E-state index contributed by atoms with van der Waals surface area (Å²) in [6.07, 6.45) is 2.91. The van der Waals surface area contributed by atoms with Gasteiger partial charge in [0.25, 0.3) is 0 Å². The van der Waals surface area contributed by atoms with Crippen molar-refractivity contribution in [1.29, 1.82) is 0 Å². The van der Waals surface area contributed by atoms with Crippen molar-refractivity contribution in [1.82, 2.24) is 0 Å². The molecule has 1 aliphatic heterocycles. The highest BCUT2D eigenvalue weighted by molar-refractivity contribution is 7.17. The highest BCUT2D eigenvalue weighted by atomic mass is 32.1. The Morgan fingerprint density at radius 1 is 1.24 bits per heavy atom. The second kappa shape index (κ2) is 4.41. The maximum absolute atomic E-state index is 6.47. The van der Waals surface area contributed by atoms with Crippen LogP contribution >= 0.6 is 11.3 Å². The molecule has 1 aromatic heterocycles. The molecule has 1 fully saturated rings. The van der Waals surface area contributed by atoms with Gasteiger partial charge in [0, 0.05) is 23.5 Å². The maximum atomic E-state index is 6.47. The zero-order valence-corrected chi connectivity index (χ0v) is 10.6. The molecule has 2 nitrogen and oxygen atoms in total. The summed E-state index contributed by atoms with van der Waals surface area (Å²) in [4.78, 5) is 0. The average molecular weight is 247 g/mol. The van der Waals surface area contributed by atoms with Crippen LogP contribution in [-0.4, -0.2) is 18.8 Å². The molecule has 0 radical (unpaired) electrons. The maximum Gasteiger partial charge on any atom is 0.0483 e. The second-order valence-electron chi connectivity index (χ2n) is 4.91. The lowest BCUT2D eigenvalue weighted by molar-refractivity contribution is 0.0535. The van der Waals surface area contributed by atoms with Gasteiger partial charge in [-0.15, -0.1) is 11.3 Å². The van der Waals surface area contributed by atoms with Crippen LogP contribution in [0.3, 0.4) is 0 Å². The van der Waals surface area contributed by atoms with Gasteiger partial charge in [0.15, 0.2) is 0 Å². The standard InChI is InChI=1S/C14H17NOS/c15-14(5-7-16-8-6-14)9-11-10-17-13-4-2-1-3-12(11)13/h1-4,10H,5-9,15H2. The van der Waals surface area contributed by atoms with Crippen LogP contribution in [0.2, 0.25) is 0 Å².